The Bertz CT molecular complexity index is 231. The summed E-state index contributed by atoms with van der Waals surface area (Å²) in [5.41, 5.74) is 6.00. The van der Waals surface area contributed by atoms with Gasteiger partial charge >= 0.3 is 0 Å². The molecule has 3 rings (SSSR count). The molecule has 86 valence electrons. The van der Waals surface area contributed by atoms with E-state index < -0.39 is 0 Å². The summed E-state index contributed by atoms with van der Waals surface area (Å²) < 4.78 is 0. The number of nitrogens with two attached hydrogens (primary N) is 1. The predicted octanol–water partition coefficient (Wildman–Crippen LogP) is 0.646. The van der Waals surface area contributed by atoms with Crippen molar-refractivity contribution in [2.75, 3.05) is 26.2 Å². The van der Waals surface area contributed by atoms with E-state index in [1.165, 1.54) is 58.3 Å². The van der Waals surface area contributed by atoms with Crippen LogP contribution in [-0.2, 0) is 0 Å². The Morgan fingerprint density at radius 3 is 2.53 bits per heavy atom. The van der Waals surface area contributed by atoms with Gasteiger partial charge in [0.2, 0.25) is 0 Å². The first-order chi connectivity index (χ1) is 7.33. The second kappa shape index (κ2) is 4.04. The van der Waals surface area contributed by atoms with E-state index in [0.717, 1.165) is 12.1 Å². The Labute approximate surface area is 92.6 Å². The van der Waals surface area contributed by atoms with Crippen LogP contribution in [0.3, 0.4) is 0 Å². The van der Waals surface area contributed by atoms with Crippen molar-refractivity contribution < 1.29 is 0 Å². The molecule has 2 saturated heterocycles. The first-order valence-electron chi connectivity index (χ1n) is 6.56. The maximum Gasteiger partial charge on any atom is 0.0224 e. The van der Waals surface area contributed by atoms with Gasteiger partial charge < -0.3 is 5.73 Å². The van der Waals surface area contributed by atoms with E-state index in [1.807, 2.05) is 0 Å². The van der Waals surface area contributed by atoms with Gasteiger partial charge in [-0.15, -0.1) is 0 Å². The summed E-state index contributed by atoms with van der Waals surface area (Å²) in [7, 11) is 0. The monoisotopic (exact) mass is 209 g/mol. The normalized spacial score (nSPS) is 43.4. The lowest BCUT2D eigenvalue weighted by Gasteiger charge is -2.40. The van der Waals surface area contributed by atoms with E-state index in [9.17, 15) is 0 Å². The molecular weight excluding hydrogens is 186 g/mol. The van der Waals surface area contributed by atoms with Crippen molar-refractivity contribution in [3.8, 4) is 0 Å². The van der Waals surface area contributed by atoms with Crippen molar-refractivity contribution in [1.82, 2.24) is 9.80 Å². The third kappa shape index (κ3) is 1.93. The topological polar surface area (TPSA) is 32.5 Å². The van der Waals surface area contributed by atoms with E-state index >= 15 is 0 Å². The Morgan fingerprint density at radius 1 is 0.867 bits per heavy atom. The third-order valence-corrected chi connectivity index (χ3v) is 4.58. The lowest BCUT2D eigenvalue weighted by molar-refractivity contribution is 0.0730. The molecule has 3 heteroatoms. The van der Waals surface area contributed by atoms with Crippen LogP contribution in [0.5, 0.6) is 0 Å². The van der Waals surface area contributed by atoms with Crippen LogP contribution in [0.1, 0.15) is 32.1 Å². The molecule has 0 aromatic rings. The van der Waals surface area contributed by atoms with Crippen LogP contribution in [0.25, 0.3) is 0 Å². The number of nitrogens with zero attached hydrogens (tertiary/aromatic N) is 2. The molecule has 2 aliphatic heterocycles. The number of piperazine rings is 1. The summed E-state index contributed by atoms with van der Waals surface area (Å²) >= 11 is 0. The summed E-state index contributed by atoms with van der Waals surface area (Å²) in [5.74, 6) is 0. The van der Waals surface area contributed by atoms with Crippen LogP contribution in [0.2, 0.25) is 0 Å². The Kier molecular flexibility index (Phi) is 2.71. The molecule has 2 N–H and O–H groups in total. The highest BCUT2D eigenvalue weighted by atomic mass is 15.3. The largest absolute Gasteiger partial charge is 0.328 e. The van der Waals surface area contributed by atoms with Gasteiger partial charge in [0.15, 0.2) is 0 Å². The fourth-order valence-electron chi connectivity index (χ4n) is 3.67. The van der Waals surface area contributed by atoms with Gasteiger partial charge in [0.25, 0.3) is 0 Å². The minimum Gasteiger partial charge on any atom is -0.328 e. The van der Waals surface area contributed by atoms with E-state index in [1.54, 1.807) is 0 Å². The van der Waals surface area contributed by atoms with E-state index in [-0.39, 0.29) is 0 Å². The highest BCUT2D eigenvalue weighted by molar-refractivity contribution is 4.92. The van der Waals surface area contributed by atoms with E-state index in [4.69, 9.17) is 5.73 Å². The number of fused-ring (bicyclic) bond motifs is 1. The second-order valence-electron chi connectivity index (χ2n) is 5.55. The molecule has 0 radical (unpaired) electrons. The zero-order valence-corrected chi connectivity index (χ0v) is 9.57. The van der Waals surface area contributed by atoms with Gasteiger partial charge in [-0.3, -0.25) is 9.80 Å². The molecule has 0 aromatic heterocycles. The zero-order valence-electron chi connectivity index (χ0n) is 9.57. The molecule has 3 atom stereocenters. The van der Waals surface area contributed by atoms with Crippen molar-refractivity contribution in [1.29, 1.82) is 0 Å². The van der Waals surface area contributed by atoms with Crippen molar-refractivity contribution in [3.05, 3.63) is 0 Å². The Hall–Kier alpha value is -0.120. The minimum absolute atomic E-state index is 0.483. The smallest absolute Gasteiger partial charge is 0.0224 e. The average molecular weight is 209 g/mol. The summed E-state index contributed by atoms with van der Waals surface area (Å²) in [6.45, 7) is 5.25. The van der Waals surface area contributed by atoms with Gasteiger partial charge in [-0.1, -0.05) is 0 Å². The number of rotatable bonds is 1. The molecular formula is C12H23N3. The maximum absolute atomic E-state index is 6.00. The summed E-state index contributed by atoms with van der Waals surface area (Å²) in [5, 5.41) is 0. The first-order valence-corrected chi connectivity index (χ1v) is 6.56. The van der Waals surface area contributed by atoms with E-state index in [0.29, 0.717) is 6.04 Å². The summed E-state index contributed by atoms with van der Waals surface area (Å²) in [6, 6.07) is 2.16. The highest BCUT2D eigenvalue weighted by Crippen LogP contribution is 2.28. The van der Waals surface area contributed by atoms with Crippen molar-refractivity contribution in [3.63, 3.8) is 0 Å². The van der Waals surface area contributed by atoms with Gasteiger partial charge in [0.05, 0.1) is 0 Å². The molecule has 3 nitrogen and oxygen atoms in total. The quantitative estimate of drug-likeness (QED) is 0.688. The third-order valence-electron chi connectivity index (χ3n) is 4.58. The highest BCUT2D eigenvalue weighted by Gasteiger charge is 2.35. The fraction of sp³-hybridized carbons (Fsp3) is 1.00. The van der Waals surface area contributed by atoms with Crippen LogP contribution < -0.4 is 5.73 Å². The lowest BCUT2D eigenvalue weighted by Crippen LogP contribution is -2.53. The SMILES string of the molecule is NC1CCC(N2CCN3CCCC3C2)C1. The molecule has 15 heavy (non-hydrogen) atoms. The Balaban J connectivity index is 1.59. The van der Waals surface area contributed by atoms with Crippen LogP contribution >= 0.6 is 0 Å². The molecule has 3 aliphatic rings. The Morgan fingerprint density at radius 2 is 1.73 bits per heavy atom. The van der Waals surface area contributed by atoms with Crippen LogP contribution in [0.15, 0.2) is 0 Å². The molecule has 0 aromatic carbocycles. The van der Waals surface area contributed by atoms with Crippen LogP contribution in [0.4, 0.5) is 0 Å². The average Bonchev–Trinajstić information content (AvgIpc) is 2.84. The molecule has 1 aliphatic carbocycles. The number of hydrogen-bond acceptors (Lipinski definition) is 3. The van der Waals surface area contributed by atoms with Crippen LogP contribution in [-0.4, -0.2) is 54.1 Å². The molecule has 2 heterocycles. The van der Waals surface area contributed by atoms with Crippen LogP contribution in [0, 0.1) is 0 Å². The molecule has 3 unspecified atom stereocenters. The molecule has 0 amide bonds. The summed E-state index contributed by atoms with van der Waals surface area (Å²) in [6.07, 6.45) is 6.67. The lowest BCUT2D eigenvalue weighted by atomic mass is 10.1. The number of hydrogen-bond donors (Lipinski definition) is 1. The molecule has 0 bridgehead atoms. The van der Waals surface area contributed by atoms with Crippen molar-refractivity contribution >= 4 is 0 Å². The van der Waals surface area contributed by atoms with Gasteiger partial charge in [0.1, 0.15) is 0 Å². The standard InChI is InChI=1S/C12H23N3/c13-10-3-4-11(8-10)15-7-6-14-5-1-2-12(14)9-15/h10-12H,1-9,13H2. The molecule has 3 fully saturated rings. The fourth-order valence-corrected chi connectivity index (χ4v) is 3.67. The predicted molar refractivity (Wildman–Crippen MR) is 61.8 cm³/mol. The molecule has 1 saturated carbocycles. The van der Waals surface area contributed by atoms with Crippen molar-refractivity contribution in [2.45, 2.75) is 50.2 Å². The van der Waals surface area contributed by atoms with Gasteiger partial charge in [-0.05, 0) is 38.6 Å². The summed E-state index contributed by atoms with van der Waals surface area (Å²) in [4.78, 5) is 5.41. The van der Waals surface area contributed by atoms with Gasteiger partial charge in [0, 0.05) is 37.8 Å². The second-order valence-corrected chi connectivity index (χ2v) is 5.55. The van der Waals surface area contributed by atoms with Crippen molar-refractivity contribution in [2.24, 2.45) is 5.73 Å². The first kappa shape index (κ1) is 10.1. The van der Waals surface area contributed by atoms with Gasteiger partial charge in [-0.2, -0.15) is 0 Å². The van der Waals surface area contributed by atoms with Gasteiger partial charge in [-0.25, -0.2) is 0 Å². The minimum atomic E-state index is 0.483. The molecule has 0 spiro atoms. The zero-order chi connectivity index (χ0) is 10.3. The maximum atomic E-state index is 6.00. The van der Waals surface area contributed by atoms with E-state index in [2.05, 4.69) is 9.80 Å².